The summed E-state index contributed by atoms with van der Waals surface area (Å²) in [5.74, 6) is -1.60. The number of halogens is 2. The molecule has 0 saturated heterocycles. The molecule has 0 radical (unpaired) electrons. The maximum atomic E-state index is 13.0. The fourth-order valence-electron chi connectivity index (χ4n) is 2.41. The van der Waals surface area contributed by atoms with E-state index in [1.165, 1.54) is 38.2 Å². The number of ether oxygens (including phenoxy) is 1. The van der Waals surface area contributed by atoms with Gasteiger partial charge in [-0.3, -0.25) is 0 Å². The third kappa shape index (κ3) is 4.88. The minimum absolute atomic E-state index is 0.416. The Kier molecular flexibility index (Phi) is 5.73. The first-order valence-corrected chi connectivity index (χ1v) is 7.02. The van der Waals surface area contributed by atoms with Crippen molar-refractivity contribution < 1.29 is 13.5 Å². The van der Waals surface area contributed by atoms with Gasteiger partial charge in [-0.1, -0.05) is 25.3 Å². The summed E-state index contributed by atoms with van der Waals surface area (Å²) in [5, 5.41) is 3.17. The molecule has 0 unspecified atom stereocenters. The molecular weight excluding hydrogens is 248 g/mol. The van der Waals surface area contributed by atoms with Crippen LogP contribution >= 0.6 is 0 Å². The fraction of sp³-hybridized carbons (Fsp3) is 0.600. The number of rotatable bonds is 6. The molecule has 0 aromatic heterocycles. The Morgan fingerprint density at radius 1 is 1.11 bits per heavy atom. The van der Waals surface area contributed by atoms with Crippen molar-refractivity contribution in [3.05, 3.63) is 35.4 Å². The largest absolute Gasteiger partial charge is 0.377 e. The molecule has 1 aliphatic carbocycles. The Balaban J connectivity index is 1.59. The van der Waals surface area contributed by atoms with Crippen molar-refractivity contribution in [1.82, 2.24) is 5.32 Å². The molecule has 4 heteroatoms. The van der Waals surface area contributed by atoms with Crippen molar-refractivity contribution in [2.24, 2.45) is 0 Å². The Labute approximate surface area is 113 Å². The molecular formula is C15H21F2NO. The molecule has 19 heavy (non-hydrogen) atoms. The number of benzene rings is 1. The highest BCUT2D eigenvalue weighted by molar-refractivity contribution is 5.17. The van der Waals surface area contributed by atoms with Crippen molar-refractivity contribution >= 4 is 0 Å². The van der Waals surface area contributed by atoms with Gasteiger partial charge in [0, 0.05) is 13.1 Å². The van der Waals surface area contributed by atoms with Gasteiger partial charge < -0.3 is 10.1 Å². The minimum Gasteiger partial charge on any atom is -0.377 e. The van der Waals surface area contributed by atoms with Gasteiger partial charge in [-0.05, 0) is 30.5 Å². The lowest BCUT2D eigenvalue weighted by Crippen LogP contribution is -2.24. The summed E-state index contributed by atoms with van der Waals surface area (Å²) >= 11 is 0. The number of nitrogens with one attached hydrogen (secondary N) is 1. The molecule has 2 rings (SSSR count). The lowest BCUT2D eigenvalue weighted by molar-refractivity contribution is 0.0302. The molecule has 1 aromatic rings. The first kappa shape index (κ1) is 14.4. The third-order valence-electron chi connectivity index (χ3n) is 3.50. The first-order valence-electron chi connectivity index (χ1n) is 7.02. The predicted octanol–water partition coefficient (Wildman–Crippen LogP) is 3.40. The second-order valence-corrected chi connectivity index (χ2v) is 5.06. The van der Waals surface area contributed by atoms with Crippen LogP contribution in [0.3, 0.4) is 0 Å². The highest BCUT2D eigenvalue weighted by Crippen LogP contribution is 2.19. The van der Waals surface area contributed by atoms with E-state index in [9.17, 15) is 8.78 Å². The molecule has 0 atom stereocenters. The van der Waals surface area contributed by atoms with Crippen LogP contribution in [-0.4, -0.2) is 19.3 Å². The van der Waals surface area contributed by atoms with Gasteiger partial charge >= 0.3 is 0 Å². The van der Waals surface area contributed by atoms with Gasteiger partial charge in [0.25, 0.3) is 0 Å². The average molecular weight is 269 g/mol. The molecule has 1 N–H and O–H groups in total. The smallest absolute Gasteiger partial charge is 0.159 e. The van der Waals surface area contributed by atoms with E-state index < -0.39 is 11.6 Å². The van der Waals surface area contributed by atoms with Crippen LogP contribution in [0.15, 0.2) is 18.2 Å². The van der Waals surface area contributed by atoms with E-state index in [4.69, 9.17) is 4.74 Å². The van der Waals surface area contributed by atoms with Crippen LogP contribution in [0.2, 0.25) is 0 Å². The Bertz CT molecular complexity index is 392. The molecule has 0 spiro atoms. The maximum Gasteiger partial charge on any atom is 0.159 e. The van der Waals surface area contributed by atoms with E-state index >= 15 is 0 Å². The molecule has 0 amide bonds. The monoisotopic (exact) mass is 269 g/mol. The van der Waals surface area contributed by atoms with E-state index in [0.29, 0.717) is 19.3 Å². The van der Waals surface area contributed by atoms with Gasteiger partial charge in [-0.2, -0.15) is 0 Å². The van der Waals surface area contributed by atoms with Crippen molar-refractivity contribution in [3.63, 3.8) is 0 Å². The summed E-state index contributed by atoms with van der Waals surface area (Å²) in [6, 6.07) is 3.97. The van der Waals surface area contributed by atoms with Crippen LogP contribution < -0.4 is 5.32 Å². The number of hydrogen-bond acceptors (Lipinski definition) is 2. The number of hydrogen-bond donors (Lipinski definition) is 1. The fourth-order valence-corrected chi connectivity index (χ4v) is 2.41. The minimum atomic E-state index is -0.801. The molecule has 0 bridgehead atoms. The van der Waals surface area contributed by atoms with Crippen molar-refractivity contribution in [2.75, 3.05) is 13.2 Å². The molecule has 0 aliphatic heterocycles. The standard InChI is InChI=1S/C15H21F2NO/c16-14-7-6-12(10-15(14)17)11-18-8-9-19-13-4-2-1-3-5-13/h6-7,10,13,18H,1-5,8-9,11H2. The molecule has 0 heterocycles. The van der Waals surface area contributed by atoms with E-state index in [1.807, 2.05) is 0 Å². The first-order chi connectivity index (χ1) is 9.25. The van der Waals surface area contributed by atoms with Gasteiger partial charge in [-0.25, -0.2) is 8.78 Å². The van der Waals surface area contributed by atoms with Crippen LogP contribution in [-0.2, 0) is 11.3 Å². The van der Waals surface area contributed by atoms with Gasteiger partial charge in [-0.15, -0.1) is 0 Å². The van der Waals surface area contributed by atoms with Gasteiger partial charge in [0.15, 0.2) is 11.6 Å². The lowest BCUT2D eigenvalue weighted by Gasteiger charge is -2.22. The lowest BCUT2D eigenvalue weighted by atomic mass is 9.98. The van der Waals surface area contributed by atoms with E-state index in [1.54, 1.807) is 6.07 Å². The second-order valence-electron chi connectivity index (χ2n) is 5.06. The zero-order valence-electron chi connectivity index (χ0n) is 11.1. The zero-order valence-corrected chi connectivity index (χ0v) is 11.1. The van der Waals surface area contributed by atoms with Gasteiger partial charge in [0.05, 0.1) is 12.7 Å². The topological polar surface area (TPSA) is 21.3 Å². The van der Waals surface area contributed by atoms with Crippen molar-refractivity contribution in [3.8, 4) is 0 Å². The Morgan fingerprint density at radius 3 is 2.63 bits per heavy atom. The van der Waals surface area contributed by atoms with Crippen LogP contribution in [0.25, 0.3) is 0 Å². The average Bonchev–Trinajstić information content (AvgIpc) is 2.43. The molecule has 1 aromatic carbocycles. The summed E-state index contributed by atoms with van der Waals surface area (Å²) in [7, 11) is 0. The Morgan fingerprint density at radius 2 is 1.89 bits per heavy atom. The van der Waals surface area contributed by atoms with E-state index in [2.05, 4.69) is 5.32 Å². The van der Waals surface area contributed by atoms with E-state index in [-0.39, 0.29) is 0 Å². The van der Waals surface area contributed by atoms with Gasteiger partial charge in [0.2, 0.25) is 0 Å². The van der Waals surface area contributed by atoms with Crippen LogP contribution in [0.1, 0.15) is 37.7 Å². The maximum absolute atomic E-state index is 13.0. The molecule has 2 nitrogen and oxygen atoms in total. The summed E-state index contributed by atoms with van der Waals surface area (Å²) in [5.41, 5.74) is 0.747. The molecule has 1 aliphatic rings. The van der Waals surface area contributed by atoms with Crippen LogP contribution in [0, 0.1) is 11.6 Å². The van der Waals surface area contributed by atoms with Gasteiger partial charge in [0.1, 0.15) is 0 Å². The summed E-state index contributed by atoms with van der Waals surface area (Å²) in [6.07, 6.45) is 6.62. The van der Waals surface area contributed by atoms with Crippen LogP contribution in [0.4, 0.5) is 8.78 Å². The normalized spacial score (nSPS) is 16.7. The van der Waals surface area contributed by atoms with E-state index in [0.717, 1.165) is 18.2 Å². The molecule has 106 valence electrons. The quantitative estimate of drug-likeness (QED) is 0.799. The second kappa shape index (κ2) is 7.56. The predicted molar refractivity (Wildman–Crippen MR) is 70.9 cm³/mol. The highest BCUT2D eigenvalue weighted by atomic mass is 19.2. The van der Waals surface area contributed by atoms with Crippen molar-refractivity contribution in [1.29, 1.82) is 0 Å². The third-order valence-corrected chi connectivity index (χ3v) is 3.50. The van der Waals surface area contributed by atoms with Crippen LogP contribution in [0.5, 0.6) is 0 Å². The Hall–Kier alpha value is -1.00. The SMILES string of the molecule is Fc1ccc(CNCCOC2CCCCC2)cc1F. The summed E-state index contributed by atoms with van der Waals surface area (Å²) < 4.78 is 31.5. The molecule has 1 saturated carbocycles. The summed E-state index contributed by atoms with van der Waals surface area (Å²) in [4.78, 5) is 0. The zero-order chi connectivity index (χ0) is 13.5. The molecule has 1 fully saturated rings. The highest BCUT2D eigenvalue weighted by Gasteiger charge is 2.12. The van der Waals surface area contributed by atoms with Crippen molar-refractivity contribution in [2.45, 2.75) is 44.8 Å². The summed E-state index contributed by atoms with van der Waals surface area (Å²) in [6.45, 7) is 1.94.